The summed E-state index contributed by atoms with van der Waals surface area (Å²) in [5.74, 6) is 0.889. The first-order valence-electron chi connectivity index (χ1n) is 13.4. The number of para-hydroxylation sites is 1. The van der Waals surface area contributed by atoms with Gasteiger partial charge in [0.1, 0.15) is 12.2 Å². The van der Waals surface area contributed by atoms with Gasteiger partial charge in [0.05, 0.1) is 45.0 Å². The molecule has 8 nitrogen and oxygen atoms in total. The molecule has 3 aromatic rings. The van der Waals surface area contributed by atoms with Crippen LogP contribution in [0.25, 0.3) is 5.69 Å². The van der Waals surface area contributed by atoms with Gasteiger partial charge in [0.15, 0.2) is 11.5 Å². The standard InChI is InChI=1S/C31H33ClN2O6/c1-4-39-29(36)17-20-12-15-33(16-13-20)28(35)19-27-25-8-6-14-34(25)24-11-10-21(32)18-23(24)30(40-27)22-7-5-9-26(37-2)31(22)38-3/h5-12,14,18,27,30H,4,13,15-17,19H2,1-3H3/t27-,30-/m0/s1. The SMILES string of the molecule is CCOC(=O)CC1=CCN(C(=O)C[C@@H]2O[C@@H](c3cccc(OC)c3OC)c3cc(Cl)ccc3-n3cccc32)CC1. The minimum absolute atomic E-state index is 0.0236. The Labute approximate surface area is 239 Å². The summed E-state index contributed by atoms with van der Waals surface area (Å²) in [5.41, 5.74) is 4.42. The number of carbonyl (C=O) groups excluding carboxylic acids is 2. The molecule has 1 amide bonds. The van der Waals surface area contributed by atoms with Crippen LogP contribution in [-0.2, 0) is 19.1 Å². The fourth-order valence-electron chi connectivity index (χ4n) is 5.43. The molecule has 0 spiro atoms. The van der Waals surface area contributed by atoms with Crippen LogP contribution in [0.5, 0.6) is 11.5 Å². The van der Waals surface area contributed by atoms with Gasteiger partial charge in [0.25, 0.3) is 0 Å². The van der Waals surface area contributed by atoms with E-state index in [-0.39, 0.29) is 24.7 Å². The Morgan fingerprint density at radius 1 is 1.07 bits per heavy atom. The highest BCUT2D eigenvalue weighted by atomic mass is 35.5. The molecule has 2 aromatic carbocycles. The van der Waals surface area contributed by atoms with Crippen molar-refractivity contribution in [1.82, 2.24) is 9.47 Å². The third-order valence-corrected chi connectivity index (χ3v) is 7.59. The van der Waals surface area contributed by atoms with Crippen LogP contribution in [0.4, 0.5) is 0 Å². The van der Waals surface area contributed by atoms with Crippen LogP contribution in [0.3, 0.4) is 0 Å². The number of halogens is 1. The number of ether oxygens (including phenoxy) is 4. The number of hydrogen-bond donors (Lipinski definition) is 0. The lowest BCUT2D eigenvalue weighted by molar-refractivity contribution is -0.142. The van der Waals surface area contributed by atoms with Crippen molar-refractivity contribution in [3.05, 3.63) is 88.2 Å². The molecule has 9 heteroatoms. The van der Waals surface area contributed by atoms with Gasteiger partial charge in [-0.15, -0.1) is 0 Å². The summed E-state index contributed by atoms with van der Waals surface area (Å²) in [4.78, 5) is 27.3. The van der Waals surface area contributed by atoms with Crippen LogP contribution in [0.1, 0.15) is 55.2 Å². The molecule has 0 saturated carbocycles. The Morgan fingerprint density at radius 2 is 1.93 bits per heavy atom. The van der Waals surface area contributed by atoms with Crippen molar-refractivity contribution in [3.8, 4) is 17.2 Å². The summed E-state index contributed by atoms with van der Waals surface area (Å²) in [7, 11) is 3.19. The van der Waals surface area contributed by atoms with Crippen molar-refractivity contribution < 1.29 is 28.5 Å². The summed E-state index contributed by atoms with van der Waals surface area (Å²) < 4.78 is 25.3. The van der Waals surface area contributed by atoms with E-state index in [2.05, 4.69) is 4.57 Å². The minimum atomic E-state index is -0.575. The molecule has 0 bridgehead atoms. The van der Waals surface area contributed by atoms with E-state index in [0.717, 1.165) is 28.1 Å². The van der Waals surface area contributed by atoms with Crippen LogP contribution < -0.4 is 9.47 Å². The fraction of sp³-hybridized carbons (Fsp3) is 0.355. The second kappa shape index (κ2) is 12.2. The smallest absolute Gasteiger partial charge is 0.309 e. The maximum atomic E-state index is 13.6. The zero-order valence-electron chi connectivity index (χ0n) is 22.9. The van der Waals surface area contributed by atoms with Crippen molar-refractivity contribution in [2.45, 2.75) is 38.4 Å². The molecule has 40 heavy (non-hydrogen) atoms. The van der Waals surface area contributed by atoms with E-state index < -0.39 is 12.2 Å². The largest absolute Gasteiger partial charge is 0.493 e. The van der Waals surface area contributed by atoms with Gasteiger partial charge in [-0.3, -0.25) is 9.59 Å². The van der Waals surface area contributed by atoms with E-state index in [9.17, 15) is 9.59 Å². The highest BCUT2D eigenvalue weighted by Crippen LogP contribution is 2.46. The van der Waals surface area contributed by atoms with Gasteiger partial charge in [-0.05, 0) is 49.7 Å². The quantitative estimate of drug-likeness (QED) is 0.254. The summed E-state index contributed by atoms with van der Waals surface area (Å²) >= 11 is 6.48. The molecule has 3 heterocycles. The molecule has 0 unspecified atom stereocenters. The number of hydrogen-bond acceptors (Lipinski definition) is 6. The van der Waals surface area contributed by atoms with Gasteiger partial charge >= 0.3 is 5.97 Å². The number of aromatic nitrogens is 1. The van der Waals surface area contributed by atoms with Crippen molar-refractivity contribution in [3.63, 3.8) is 0 Å². The average molecular weight is 565 g/mol. The fourth-order valence-corrected chi connectivity index (χ4v) is 5.61. The molecule has 0 N–H and O–H groups in total. The Kier molecular flexibility index (Phi) is 8.47. The topological polar surface area (TPSA) is 79.2 Å². The van der Waals surface area contributed by atoms with Gasteiger partial charge in [-0.2, -0.15) is 0 Å². The Morgan fingerprint density at radius 3 is 2.65 bits per heavy atom. The van der Waals surface area contributed by atoms with Crippen LogP contribution >= 0.6 is 11.6 Å². The number of carbonyl (C=O) groups is 2. The summed E-state index contributed by atoms with van der Waals surface area (Å²) in [6.07, 6.45) is 3.86. The zero-order valence-corrected chi connectivity index (χ0v) is 23.6. The monoisotopic (exact) mass is 564 g/mol. The first-order valence-corrected chi connectivity index (χ1v) is 13.8. The predicted octanol–water partition coefficient (Wildman–Crippen LogP) is 5.81. The Balaban J connectivity index is 1.46. The third-order valence-electron chi connectivity index (χ3n) is 7.35. The van der Waals surface area contributed by atoms with Gasteiger partial charge in [0.2, 0.25) is 5.91 Å². The Bertz CT molecular complexity index is 1430. The molecule has 2 aliphatic rings. The van der Waals surface area contributed by atoms with Crippen molar-refractivity contribution in [2.24, 2.45) is 0 Å². The molecule has 0 radical (unpaired) electrons. The van der Waals surface area contributed by atoms with Crippen LogP contribution in [0, 0.1) is 0 Å². The van der Waals surface area contributed by atoms with Gasteiger partial charge in [-0.1, -0.05) is 35.4 Å². The number of methoxy groups -OCH3 is 2. The van der Waals surface area contributed by atoms with E-state index in [1.165, 1.54) is 0 Å². The first-order chi connectivity index (χ1) is 19.4. The van der Waals surface area contributed by atoms with Gasteiger partial charge in [-0.25, -0.2) is 0 Å². The normalized spacial score (nSPS) is 18.2. The zero-order chi connectivity index (χ0) is 28.2. The molecular formula is C31H33ClN2O6. The summed E-state index contributed by atoms with van der Waals surface area (Å²) in [5, 5.41) is 0.580. The molecule has 2 aliphatic heterocycles. The number of amides is 1. The molecule has 0 aliphatic carbocycles. The molecular weight excluding hydrogens is 532 g/mol. The van der Waals surface area contributed by atoms with Crippen LogP contribution in [0.15, 0.2) is 66.4 Å². The predicted molar refractivity (Wildman–Crippen MR) is 151 cm³/mol. The highest BCUT2D eigenvalue weighted by molar-refractivity contribution is 6.30. The highest BCUT2D eigenvalue weighted by Gasteiger charge is 2.35. The summed E-state index contributed by atoms with van der Waals surface area (Å²) in [6, 6.07) is 15.3. The second-order valence-electron chi connectivity index (χ2n) is 9.73. The van der Waals surface area contributed by atoms with E-state index >= 15 is 0 Å². The number of nitrogens with zero attached hydrogens (tertiary/aromatic N) is 2. The lowest BCUT2D eigenvalue weighted by Gasteiger charge is -2.29. The number of rotatable bonds is 8. The van der Waals surface area contributed by atoms with E-state index in [4.69, 9.17) is 30.5 Å². The van der Waals surface area contributed by atoms with Crippen LogP contribution in [0.2, 0.25) is 5.02 Å². The molecule has 5 rings (SSSR count). The molecule has 0 fully saturated rings. The first kappa shape index (κ1) is 27.8. The third kappa shape index (κ3) is 5.60. The lowest BCUT2D eigenvalue weighted by Crippen LogP contribution is -2.36. The lowest BCUT2D eigenvalue weighted by atomic mass is 9.98. The van der Waals surface area contributed by atoms with Crippen molar-refractivity contribution in [1.29, 1.82) is 0 Å². The second-order valence-corrected chi connectivity index (χ2v) is 10.2. The molecule has 0 saturated heterocycles. The van der Waals surface area contributed by atoms with Crippen molar-refractivity contribution >= 4 is 23.5 Å². The molecule has 1 aromatic heterocycles. The number of esters is 1. The van der Waals surface area contributed by atoms with E-state index in [1.54, 1.807) is 26.0 Å². The average Bonchev–Trinajstić information content (AvgIpc) is 3.40. The molecule has 2 atom stereocenters. The maximum absolute atomic E-state index is 13.6. The Hall–Kier alpha value is -3.75. The number of benzene rings is 2. The van der Waals surface area contributed by atoms with Gasteiger partial charge in [0, 0.05) is 35.4 Å². The summed E-state index contributed by atoms with van der Waals surface area (Å²) in [6.45, 7) is 3.14. The maximum Gasteiger partial charge on any atom is 0.309 e. The van der Waals surface area contributed by atoms with Crippen LogP contribution in [-0.4, -0.2) is 55.3 Å². The minimum Gasteiger partial charge on any atom is -0.493 e. The van der Waals surface area contributed by atoms with E-state index in [1.807, 2.05) is 60.8 Å². The van der Waals surface area contributed by atoms with Gasteiger partial charge < -0.3 is 28.4 Å². The van der Waals surface area contributed by atoms with E-state index in [0.29, 0.717) is 42.6 Å². The number of fused-ring (bicyclic) bond motifs is 3. The van der Waals surface area contributed by atoms with Crippen molar-refractivity contribution in [2.75, 3.05) is 33.9 Å². The molecule has 210 valence electrons.